The first-order valence-electron chi connectivity index (χ1n) is 18.0. The Morgan fingerprint density at radius 2 is 1.02 bits per heavy atom. The largest absolute Gasteiger partial charge is 0.309 e. The second kappa shape index (κ2) is 11.2. The maximum Gasteiger partial charge on any atom is 0.160 e. The maximum atomic E-state index is 8.74. The third-order valence-electron chi connectivity index (χ3n) is 8.72. The maximum absolute atomic E-state index is 8.74. The molecule has 2 aromatic heterocycles. The highest BCUT2D eigenvalue weighted by molar-refractivity contribution is 6.12. The number of aromatic nitrogens is 3. The molecule has 220 valence electrons. The zero-order valence-electron chi connectivity index (χ0n) is 30.2. The number of fused-ring (bicyclic) bond motifs is 4. The quantitative estimate of drug-likeness (QED) is 0.196. The predicted molar refractivity (Wildman–Crippen MR) is 196 cm³/mol. The summed E-state index contributed by atoms with van der Waals surface area (Å²) in [4.78, 5) is 10.1. The van der Waals surface area contributed by atoms with Crippen molar-refractivity contribution in [3.63, 3.8) is 0 Å². The van der Waals surface area contributed by atoms with Gasteiger partial charge in [-0.15, -0.1) is 0 Å². The van der Waals surface area contributed by atoms with E-state index in [0.717, 1.165) is 71.8 Å². The Hall–Kier alpha value is -6.32. The van der Waals surface area contributed by atoms with Gasteiger partial charge in [0.15, 0.2) is 5.82 Å². The van der Waals surface area contributed by atoms with Gasteiger partial charge in [-0.1, -0.05) is 139 Å². The molecule has 3 nitrogen and oxygen atoms in total. The molecule has 0 radical (unpaired) electrons. The van der Waals surface area contributed by atoms with Gasteiger partial charge in [0.05, 0.1) is 29.3 Å². The number of benzene rings is 7. The molecule has 47 heavy (non-hydrogen) atoms. The van der Waals surface area contributed by atoms with Gasteiger partial charge in [0, 0.05) is 33.2 Å². The molecule has 2 heterocycles. The summed E-state index contributed by atoms with van der Waals surface area (Å²) in [6.07, 6.45) is 0. The van der Waals surface area contributed by atoms with Crippen LogP contribution in [0.15, 0.2) is 176 Å². The lowest BCUT2D eigenvalue weighted by molar-refractivity contribution is 1.18. The van der Waals surface area contributed by atoms with E-state index in [9.17, 15) is 0 Å². The zero-order chi connectivity index (χ0) is 35.5. The third kappa shape index (κ3) is 4.68. The van der Waals surface area contributed by atoms with Gasteiger partial charge >= 0.3 is 0 Å². The van der Waals surface area contributed by atoms with Crippen molar-refractivity contribution >= 4 is 32.6 Å². The van der Waals surface area contributed by atoms with Crippen molar-refractivity contribution in [2.24, 2.45) is 0 Å². The smallest absolute Gasteiger partial charge is 0.160 e. The van der Waals surface area contributed by atoms with Crippen LogP contribution in [-0.2, 0) is 0 Å². The van der Waals surface area contributed by atoms with Crippen LogP contribution in [0.25, 0.3) is 83.3 Å². The Morgan fingerprint density at radius 3 is 1.79 bits per heavy atom. The number of para-hydroxylation sites is 2. The predicted octanol–water partition coefficient (Wildman–Crippen LogP) is 11.4. The van der Waals surface area contributed by atoms with E-state index in [1.54, 1.807) is 4.57 Å². The molecule has 0 aliphatic heterocycles. The molecule has 0 aliphatic rings. The minimum Gasteiger partial charge on any atom is -0.309 e. The second-order valence-corrected chi connectivity index (χ2v) is 11.5. The van der Waals surface area contributed by atoms with E-state index in [2.05, 4.69) is 48.5 Å². The van der Waals surface area contributed by atoms with E-state index in [-0.39, 0.29) is 29.9 Å². The van der Waals surface area contributed by atoms with Crippen molar-refractivity contribution in [2.45, 2.75) is 0 Å². The summed E-state index contributed by atoms with van der Waals surface area (Å²) in [5.74, 6) is 0.658. The SMILES string of the molecule is [2H]c1c([2H])c([2H])c(-n2c3ccccc3c3cc(-c4ccc(-c5cc(-c6ccccc6)nc(-c6ccccc6)n5)c5ccccc45)ccc32)c([2H])c1[2H]. The Kier molecular flexibility index (Phi) is 5.32. The number of hydrogen-bond acceptors (Lipinski definition) is 2. The van der Waals surface area contributed by atoms with Gasteiger partial charge in [-0.05, 0) is 58.2 Å². The fraction of sp³-hybridized carbons (Fsp3) is 0. The lowest BCUT2D eigenvalue weighted by atomic mass is 9.92. The van der Waals surface area contributed by atoms with Crippen LogP contribution in [0.3, 0.4) is 0 Å². The summed E-state index contributed by atoms with van der Waals surface area (Å²) >= 11 is 0. The van der Waals surface area contributed by atoms with E-state index < -0.39 is 6.04 Å². The first kappa shape index (κ1) is 22.2. The average Bonchev–Trinajstić information content (AvgIpc) is 3.52. The Bertz CT molecular complexity index is 2760. The van der Waals surface area contributed by atoms with Crippen LogP contribution in [0.1, 0.15) is 6.85 Å². The van der Waals surface area contributed by atoms with Gasteiger partial charge in [-0.2, -0.15) is 0 Å². The molecule has 3 heteroatoms. The monoisotopic (exact) mass is 604 g/mol. The summed E-state index contributed by atoms with van der Waals surface area (Å²) in [5, 5.41) is 3.96. The molecule has 0 saturated carbocycles. The highest BCUT2D eigenvalue weighted by atomic mass is 15.0. The van der Waals surface area contributed by atoms with E-state index in [4.69, 9.17) is 16.8 Å². The van der Waals surface area contributed by atoms with Crippen LogP contribution >= 0.6 is 0 Å². The molecule has 0 N–H and O–H groups in total. The molecule has 0 saturated heterocycles. The van der Waals surface area contributed by atoms with E-state index >= 15 is 0 Å². The number of hydrogen-bond donors (Lipinski definition) is 0. The van der Waals surface area contributed by atoms with Gasteiger partial charge in [0.1, 0.15) is 0 Å². The molecule has 0 aliphatic carbocycles. The van der Waals surface area contributed by atoms with Gasteiger partial charge in [0.2, 0.25) is 0 Å². The summed E-state index contributed by atoms with van der Waals surface area (Å²) in [6, 6.07) is 47.2. The lowest BCUT2D eigenvalue weighted by Gasteiger charge is -2.14. The lowest BCUT2D eigenvalue weighted by Crippen LogP contribution is -1.96. The van der Waals surface area contributed by atoms with Crippen molar-refractivity contribution in [2.75, 3.05) is 0 Å². The standard InChI is InChI=1S/C44H29N3/c1-4-14-30(15-5-1)40-29-41(46-44(45-40)31-16-6-2-7-17-31)37-26-25-34(35-20-10-11-21-36(35)37)32-24-27-43-39(28-32)38-22-12-13-23-42(38)47(43)33-18-8-3-9-19-33/h1-29H/i3D,8D,9D,18D,19D. The summed E-state index contributed by atoms with van der Waals surface area (Å²) < 4.78 is 44.1. The molecule has 9 aromatic rings. The van der Waals surface area contributed by atoms with Crippen LogP contribution in [-0.4, -0.2) is 14.5 Å². The molecule has 0 unspecified atom stereocenters. The van der Waals surface area contributed by atoms with Gasteiger partial charge in [0.25, 0.3) is 0 Å². The van der Waals surface area contributed by atoms with E-state index in [1.807, 2.05) is 97.1 Å². The average molecular weight is 605 g/mol. The van der Waals surface area contributed by atoms with Crippen LogP contribution in [0.4, 0.5) is 0 Å². The molecule has 7 aromatic carbocycles. The van der Waals surface area contributed by atoms with E-state index in [0.29, 0.717) is 5.82 Å². The first-order chi connectivity index (χ1) is 25.4. The topological polar surface area (TPSA) is 30.7 Å². The Labute approximate surface area is 280 Å². The minimum atomic E-state index is -0.410. The molecule has 0 fully saturated rings. The molecule has 9 rings (SSSR count). The summed E-state index contributed by atoms with van der Waals surface area (Å²) in [7, 11) is 0. The normalized spacial score (nSPS) is 12.9. The second-order valence-electron chi connectivity index (χ2n) is 11.5. The van der Waals surface area contributed by atoms with Crippen LogP contribution < -0.4 is 0 Å². The molecule has 0 atom stereocenters. The number of rotatable bonds is 5. The highest BCUT2D eigenvalue weighted by Crippen LogP contribution is 2.39. The van der Waals surface area contributed by atoms with Crippen molar-refractivity contribution in [1.82, 2.24) is 14.5 Å². The van der Waals surface area contributed by atoms with Crippen molar-refractivity contribution < 1.29 is 6.85 Å². The molecular formula is C44H29N3. The summed E-state index contributed by atoms with van der Waals surface area (Å²) in [6.45, 7) is 0. The molecular weight excluding hydrogens is 571 g/mol. The minimum absolute atomic E-state index is 0.134. The van der Waals surface area contributed by atoms with E-state index in [1.165, 1.54) is 0 Å². The first-order valence-corrected chi connectivity index (χ1v) is 15.5. The van der Waals surface area contributed by atoms with Crippen molar-refractivity contribution in [3.05, 3.63) is 176 Å². The fourth-order valence-corrected chi connectivity index (χ4v) is 6.57. The molecule has 0 amide bonds. The van der Waals surface area contributed by atoms with Gasteiger partial charge in [-0.25, -0.2) is 9.97 Å². The van der Waals surface area contributed by atoms with Crippen LogP contribution in [0.2, 0.25) is 0 Å². The number of nitrogens with zero attached hydrogens (tertiary/aromatic N) is 3. The molecule has 0 bridgehead atoms. The zero-order valence-corrected chi connectivity index (χ0v) is 25.2. The van der Waals surface area contributed by atoms with Gasteiger partial charge < -0.3 is 4.57 Å². The fourth-order valence-electron chi connectivity index (χ4n) is 6.57. The molecule has 0 spiro atoms. The summed E-state index contributed by atoms with van der Waals surface area (Å²) in [5.41, 5.74) is 8.32. The van der Waals surface area contributed by atoms with Gasteiger partial charge in [-0.3, -0.25) is 0 Å². The van der Waals surface area contributed by atoms with Crippen molar-refractivity contribution in [3.8, 4) is 50.7 Å². The van der Waals surface area contributed by atoms with Crippen LogP contribution in [0, 0.1) is 0 Å². The Morgan fingerprint density at radius 1 is 0.426 bits per heavy atom. The Balaban J connectivity index is 1.24. The van der Waals surface area contributed by atoms with Crippen molar-refractivity contribution in [1.29, 1.82) is 0 Å². The third-order valence-corrected chi connectivity index (χ3v) is 8.72. The highest BCUT2D eigenvalue weighted by Gasteiger charge is 2.17. The van der Waals surface area contributed by atoms with Crippen LogP contribution in [0.5, 0.6) is 0 Å².